The Bertz CT molecular complexity index is 518. The third-order valence-corrected chi connectivity index (χ3v) is 5.89. The Morgan fingerprint density at radius 1 is 1.50 bits per heavy atom. The average Bonchev–Trinajstić information content (AvgIpc) is 2.44. The van der Waals surface area contributed by atoms with Gasteiger partial charge in [-0.25, -0.2) is 8.42 Å². The predicted octanol–water partition coefficient (Wildman–Crippen LogP) is 2.89. The van der Waals surface area contributed by atoms with Crippen LogP contribution in [0.5, 0.6) is 0 Å². The van der Waals surface area contributed by atoms with Gasteiger partial charge in [0.1, 0.15) is 0 Å². The highest BCUT2D eigenvalue weighted by molar-refractivity contribution is 9.10. The Morgan fingerprint density at radius 3 is 2.75 bits per heavy atom. The highest BCUT2D eigenvalue weighted by Gasteiger charge is 2.34. The van der Waals surface area contributed by atoms with Gasteiger partial charge in [0.2, 0.25) is 10.0 Å². The molecule has 16 heavy (non-hydrogen) atoms. The van der Waals surface area contributed by atoms with E-state index in [1.54, 1.807) is 18.2 Å². The molecule has 1 aromatic carbocycles. The lowest BCUT2D eigenvalue weighted by molar-refractivity contribution is 0.598. The number of anilines is 1. The van der Waals surface area contributed by atoms with Crippen LogP contribution in [0, 0.1) is 5.92 Å². The topological polar surface area (TPSA) is 37.4 Å². The maximum atomic E-state index is 11.9. The largest absolute Gasteiger partial charge is 0.269 e. The highest BCUT2D eigenvalue weighted by atomic mass is 79.9. The zero-order valence-electron chi connectivity index (χ0n) is 8.65. The second kappa shape index (κ2) is 4.20. The van der Waals surface area contributed by atoms with Crippen LogP contribution >= 0.6 is 27.5 Å². The van der Waals surface area contributed by atoms with Crippen LogP contribution < -0.4 is 4.31 Å². The fraction of sp³-hybridized carbons (Fsp3) is 0.400. The number of hydrogen-bond donors (Lipinski definition) is 0. The molecule has 6 heteroatoms. The molecule has 0 radical (unpaired) electrons. The second-order valence-corrected chi connectivity index (χ2v) is 7.13. The summed E-state index contributed by atoms with van der Waals surface area (Å²) in [4.78, 5) is 0. The summed E-state index contributed by atoms with van der Waals surface area (Å²) in [6, 6.07) is 5.23. The van der Waals surface area contributed by atoms with Gasteiger partial charge in [0.05, 0.1) is 20.9 Å². The van der Waals surface area contributed by atoms with E-state index < -0.39 is 10.0 Å². The van der Waals surface area contributed by atoms with Crippen molar-refractivity contribution in [3.8, 4) is 0 Å². The molecule has 1 aromatic rings. The standard InChI is InChI=1S/C10H11BrClNO2S/c1-7-5-13(16(14,15)6-7)9-4-2-3-8(12)10(9)11/h2-4,7H,5-6H2,1H3. The number of rotatable bonds is 1. The minimum absolute atomic E-state index is 0.149. The first-order valence-corrected chi connectivity index (χ1v) is 7.64. The van der Waals surface area contributed by atoms with Crippen LogP contribution in [0.3, 0.4) is 0 Å². The monoisotopic (exact) mass is 323 g/mol. The molecule has 0 amide bonds. The van der Waals surface area contributed by atoms with Crippen LogP contribution in [-0.2, 0) is 10.0 Å². The van der Waals surface area contributed by atoms with E-state index in [-0.39, 0.29) is 11.7 Å². The third kappa shape index (κ3) is 2.08. The van der Waals surface area contributed by atoms with Crippen LogP contribution in [0.2, 0.25) is 5.02 Å². The van der Waals surface area contributed by atoms with Crippen LogP contribution in [0.1, 0.15) is 6.92 Å². The first kappa shape index (κ1) is 12.2. The van der Waals surface area contributed by atoms with E-state index in [1.807, 2.05) is 6.92 Å². The van der Waals surface area contributed by atoms with Gasteiger partial charge >= 0.3 is 0 Å². The van der Waals surface area contributed by atoms with Crippen molar-refractivity contribution in [3.05, 3.63) is 27.7 Å². The molecule has 1 aliphatic rings. The zero-order valence-corrected chi connectivity index (χ0v) is 11.8. The van der Waals surface area contributed by atoms with Crippen molar-refractivity contribution in [3.63, 3.8) is 0 Å². The zero-order chi connectivity index (χ0) is 11.9. The molecular weight excluding hydrogens is 314 g/mol. The molecule has 3 nitrogen and oxygen atoms in total. The van der Waals surface area contributed by atoms with E-state index in [9.17, 15) is 8.42 Å². The number of nitrogens with zero attached hydrogens (tertiary/aromatic N) is 1. The van der Waals surface area contributed by atoms with Gasteiger partial charge in [-0.3, -0.25) is 4.31 Å². The summed E-state index contributed by atoms with van der Waals surface area (Å²) < 4.78 is 25.9. The van der Waals surface area contributed by atoms with Gasteiger partial charge in [-0.05, 0) is 34.0 Å². The summed E-state index contributed by atoms with van der Waals surface area (Å²) >= 11 is 9.28. The summed E-state index contributed by atoms with van der Waals surface area (Å²) in [6.07, 6.45) is 0. The Morgan fingerprint density at radius 2 is 2.19 bits per heavy atom. The van der Waals surface area contributed by atoms with Gasteiger partial charge in [-0.1, -0.05) is 24.6 Å². The Hall–Kier alpha value is -0.260. The number of sulfonamides is 1. The van der Waals surface area contributed by atoms with Gasteiger partial charge in [0.25, 0.3) is 0 Å². The van der Waals surface area contributed by atoms with E-state index in [0.717, 1.165) is 0 Å². The molecule has 0 aromatic heterocycles. The Kier molecular flexibility index (Phi) is 3.20. The lowest BCUT2D eigenvalue weighted by Gasteiger charge is -2.19. The maximum Gasteiger partial charge on any atom is 0.235 e. The van der Waals surface area contributed by atoms with E-state index in [2.05, 4.69) is 15.9 Å². The minimum atomic E-state index is -3.18. The second-order valence-electron chi connectivity index (χ2n) is 3.99. The summed E-state index contributed by atoms with van der Waals surface area (Å²) in [5.41, 5.74) is 0.622. The van der Waals surface area contributed by atoms with Crippen LogP contribution in [0.4, 0.5) is 5.69 Å². The van der Waals surface area contributed by atoms with Crippen molar-refractivity contribution >= 4 is 43.2 Å². The number of hydrogen-bond acceptors (Lipinski definition) is 2. The maximum absolute atomic E-state index is 11.9. The fourth-order valence-corrected chi connectivity index (χ4v) is 4.54. The number of benzene rings is 1. The third-order valence-electron chi connectivity index (χ3n) is 2.51. The van der Waals surface area contributed by atoms with Gasteiger partial charge < -0.3 is 0 Å². The Labute approximate surface area is 109 Å². The fourth-order valence-electron chi connectivity index (χ4n) is 1.83. The molecule has 88 valence electrons. The molecule has 2 rings (SSSR count). The van der Waals surface area contributed by atoms with Gasteiger partial charge in [-0.2, -0.15) is 0 Å². The first-order chi connectivity index (χ1) is 7.42. The first-order valence-electron chi connectivity index (χ1n) is 4.86. The highest BCUT2D eigenvalue weighted by Crippen LogP contribution is 2.36. The summed E-state index contributed by atoms with van der Waals surface area (Å²) in [7, 11) is -3.18. The molecule has 1 heterocycles. The molecule has 1 unspecified atom stereocenters. The summed E-state index contributed by atoms with van der Waals surface area (Å²) in [6.45, 7) is 2.44. The molecule has 1 fully saturated rings. The van der Waals surface area contributed by atoms with E-state index in [1.165, 1.54) is 4.31 Å². The lowest BCUT2D eigenvalue weighted by Crippen LogP contribution is -2.25. The predicted molar refractivity (Wildman–Crippen MR) is 69.4 cm³/mol. The van der Waals surface area contributed by atoms with E-state index >= 15 is 0 Å². The molecule has 0 saturated carbocycles. The summed E-state index contributed by atoms with van der Waals surface area (Å²) in [5.74, 6) is 0.349. The minimum Gasteiger partial charge on any atom is -0.269 e. The molecule has 1 aliphatic heterocycles. The average molecular weight is 325 g/mol. The quantitative estimate of drug-likeness (QED) is 0.796. The van der Waals surface area contributed by atoms with Crippen molar-refractivity contribution in [2.75, 3.05) is 16.6 Å². The summed E-state index contributed by atoms with van der Waals surface area (Å²) in [5, 5.41) is 0.521. The van der Waals surface area contributed by atoms with Gasteiger partial charge in [0, 0.05) is 6.54 Å². The van der Waals surface area contributed by atoms with Crippen molar-refractivity contribution in [1.82, 2.24) is 0 Å². The SMILES string of the molecule is CC1CN(c2cccc(Cl)c2Br)S(=O)(=O)C1. The lowest BCUT2D eigenvalue weighted by atomic mass is 10.2. The van der Waals surface area contributed by atoms with E-state index in [4.69, 9.17) is 11.6 Å². The molecule has 0 spiro atoms. The van der Waals surface area contributed by atoms with Crippen LogP contribution in [-0.4, -0.2) is 20.7 Å². The molecule has 0 aliphatic carbocycles. The Balaban J connectivity index is 2.50. The van der Waals surface area contributed by atoms with Gasteiger partial charge in [-0.15, -0.1) is 0 Å². The van der Waals surface area contributed by atoms with Crippen molar-refractivity contribution < 1.29 is 8.42 Å². The van der Waals surface area contributed by atoms with Gasteiger partial charge in [0.15, 0.2) is 0 Å². The molecule has 1 saturated heterocycles. The van der Waals surface area contributed by atoms with Crippen molar-refractivity contribution in [2.45, 2.75) is 6.92 Å². The number of halogens is 2. The van der Waals surface area contributed by atoms with Crippen LogP contribution in [0.25, 0.3) is 0 Å². The van der Waals surface area contributed by atoms with Crippen molar-refractivity contribution in [2.24, 2.45) is 5.92 Å². The van der Waals surface area contributed by atoms with Crippen molar-refractivity contribution in [1.29, 1.82) is 0 Å². The smallest absolute Gasteiger partial charge is 0.235 e. The molecule has 0 N–H and O–H groups in total. The molecule has 1 atom stereocenters. The normalized spacial score (nSPS) is 23.7. The van der Waals surface area contributed by atoms with E-state index in [0.29, 0.717) is 21.7 Å². The molecular formula is C10H11BrClNO2S. The van der Waals surface area contributed by atoms with Crippen LogP contribution in [0.15, 0.2) is 22.7 Å². The molecule has 0 bridgehead atoms.